The maximum absolute atomic E-state index is 12.3. The van der Waals surface area contributed by atoms with Gasteiger partial charge in [0.2, 0.25) is 0 Å². The summed E-state index contributed by atoms with van der Waals surface area (Å²) in [6.07, 6.45) is 2.10. The van der Waals surface area contributed by atoms with Crippen molar-refractivity contribution in [3.05, 3.63) is 17.5 Å². The maximum atomic E-state index is 12.3. The topological polar surface area (TPSA) is 67.2 Å². The molecule has 114 valence electrons. The largest absolute Gasteiger partial charge is 0.393 e. The van der Waals surface area contributed by atoms with Crippen LogP contribution in [0.15, 0.2) is 6.20 Å². The summed E-state index contributed by atoms with van der Waals surface area (Å²) in [5, 5.41) is 16.7. The van der Waals surface area contributed by atoms with Gasteiger partial charge in [0.1, 0.15) is 0 Å². The Balaban J connectivity index is 2.74. The van der Waals surface area contributed by atoms with Crippen molar-refractivity contribution in [3.63, 3.8) is 0 Å². The van der Waals surface area contributed by atoms with Crippen molar-refractivity contribution in [2.45, 2.75) is 52.6 Å². The fraction of sp³-hybridized carbons (Fsp3) is 0.733. The van der Waals surface area contributed by atoms with Crippen LogP contribution in [0.5, 0.6) is 0 Å². The van der Waals surface area contributed by atoms with Crippen LogP contribution in [0.25, 0.3) is 0 Å². The number of nitrogens with zero attached hydrogens (tertiary/aromatic N) is 2. The smallest absolute Gasteiger partial charge is 0.254 e. The van der Waals surface area contributed by atoms with Gasteiger partial charge in [0.15, 0.2) is 0 Å². The average molecular weight is 281 g/mol. The number of amides is 1. The van der Waals surface area contributed by atoms with Gasteiger partial charge >= 0.3 is 0 Å². The highest BCUT2D eigenvalue weighted by Crippen LogP contribution is 2.24. The van der Waals surface area contributed by atoms with Gasteiger partial charge in [-0.05, 0) is 19.3 Å². The average Bonchev–Trinajstić information content (AvgIpc) is 2.67. The first-order valence-corrected chi connectivity index (χ1v) is 7.11. The Labute approximate surface area is 121 Å². The number of hydrogen-bond acceptors (Lipinski definition) is 3. The van der Waals surface area contributed by atoms with Gasteiger partial charge in [-0.3, -0.25) is 9.48 Å². The minimum atomic E-state index is -0.342. The number of nitrogens with one attached hydrogen (secondary N) is 1. The first-order chi connectivity index (χ1) is 9.11. The lowest BCUT2D eigenvalue weighted by Gasteiger charge is -2.18. The van der Waals surface area contributed by atoms with Crippen LogP contribution in [0.1, 0.15) is 57.1 Å². The zero-order valence-electron chi connectivity index (χ0n) is 13.4. The molecule has 20 heavy (non-hydrogen) atoms. The molecule has 1 aromatic heterocycles. The molecule has 0 fully saturated rings. The van der Waals surface area contributed by atoms with E-state index in [4.69, 9.17) is 0 Å². The second-order valence-electron chi connectivity index (χ2n) is 6.71. The summed E-state index contributed by atoms with van der Waals surface area (Å²) in [5.41, 5.74) is 1.27. The SMILES string of the molecule is CC(O)CC(C)CNC(=O)c1cn(C)nc1C(C)(C)C. The van der Waals surface area contributed by atoms with E-state index in [0.717, 1.165) is 5.69 Å². The number of aryl methyl sites for hydroxylation is 1. The molecule has 5 nitrogen and oxygen atoms in total. The van der Waals surface area contributed by atoms with Crippen molar-refractivity contribution in [2.75, 3.05) is 6.54 Å². The van der Waals surface area contributed by atoms with Crippen LogP contribution in [0.3, 0.4) is 0 Å². The summed E-state index contributed by atoms with van der Waals surface area (Å²) in [5.74, 6) is 0.147. The van der Waals surface area contributed by atoms with E-state index < -0.39 is 0 Å². The van der Waals surface area contributed by atoms with E-state index in [-0.39, 0.29) is 23.3 Å². The molecule has 0 bridgehead atoms. The Morgan fingerprint density at radius 3 is 2.55 bits per heavy atom. The van der Waals surface area contributed by atoms with Gasteiger partial charge < -0.3 is 10.4 Å². The number of aliphatic hydroxyl groups is 1. The van der Waals surface area contributed by atoms with E-state index in [1.54, 1.807) is 17.8 Å². The zero-order chi connectivity index (χ0) is 15.5. The van der Waals surface area contributed by atoms with Gasteiger partial charge in [-0.1, -0.05) is 27.7 Å². The van der Waals surface area contributed by atoms with Crippen LogP contribution in [-0.2, 0) is 12.5 Å². The highest BCUT2D eigenvalue weighted by atomic mass is 16.3. The van der Waals surface area contributed by atoms with Gasteiger partial charge in [0.25, 0.3) is 5.91 Å². The molecule has 0 radical (unpaired) electrons. The molecule has 0 saturated heterocycles. The summed E-state index contributed by atoms with van der Waals surface area (Å²) >= 11 is 0. The van der Waals surface area contributed by atoms with E-state index in [0.29, 0.717) is 18.5 Å². The Morgan fingerprint density at radius 2 is 2.05 bits per heavy atom. The third-order valence-corrected chi connectivity index (χ3v) is 3.14. The van der Waals surface area contributed by atoms with E-state index in [2.05, 4.69) is 10.4 Å². The first-order valence-electron chi connectivity index (χ1n) is 7.11. The number of carbonyl (C=O) groups is 1. The van der Waals surface area contributed by atoms with E-state index in [1.807, 2.05) is 34.7 Å². The standard InChI is InChI=1S/C15H27N3O2/c1-10(7-11(2)19)8-16-14(20)12-9-18(6)17-13(12)15(3,4)5/h9-11,19H,7-8H2,1-6H3,(H,16,20). The van der Waals surface area contributed by atoms with Crippen molar-refractivity contribution >= 4 is 5.91 Å². The summed E-state index contributed by atoms with van der Waals surface area (Å²) in [6.45, 7) is 10.5. The molecule has 0 aliphatic carbocycles. The lowest BCUT2D eigenvalue weighted by atomic mass is 9.89. The molecule has 0 aromatic carbocycles. The molecule has 1 aromatic rings. The number of carbonyl (C=O) groups excluding carboxylic acids is 1. The minimum Gasteiger partial charge on any atom is -0.393 e. The number of aliphatic hydroxyl groups excluding tert-OH is 1. The van der Waals surface area contributed by atoms with Gasteiger partial charge in [0.05, 0.1) is 17.4 Å². The molecular formula is C15H27N3O2. The van der Waals surface area contributed by atoms with Crippen LogP contribution in [0, 0.1) is 5.92 Å². The maximum Gasteiger partial charge on any atom is 0.254 e. The highest BCUT2D eigenvalue weighted by molar-refractivity contribution is 5.95. The molecule has 1 amide bonds. The Morgan fingerprint density at radius 1 is 1.45 bits per heavy atom. The molecule has 0 spiro atoms. The second kappa shape index (κ2) is 6.39. The number of aromatic nitrogens is 2. The summed E-state index contributed by atoms with van der Waals surface area (Å²) in [7, 11) is 1.82. The molecule has 0 aliphatic rings. The molecule has 2 N–H and O–H groups in total. The monoisotopic (exact) mass is 281 g/mol. The quantitative estimate of drug-likeness (QED) is 0.865. The summed E-state index contributed by atoms with van der Waals surface area (Å²) in [4.78, 5) is 12.3. The molecular weight excluding hydrogens is 254 g/mol. The Hall–Kier alpha value is -1.36. The fourth-order valence-electron chi connectivity index (χ4n) is 2.24. The predicted octanol–water partition coefficient (Wildman–Crippen LogP) is 1.85. The molecule has 1 heterocycles. The fourth-order valence-corrected chi connectivity index (χ4v) is 2.24. The Bertz CT molecular complexity index is 458. The van der Waals surface area contributed by atoms with Crippen molar-refractivity contribution in [3.8, 4) is 0 Å². The molecule has 5 heteroatoms. The van der Waals surface area contributed by atoms with Crippen LogP contribution in [0.2, 0.25) is 0 Å². The van der Waals surface area contributed by atoms with Crippen LogP contribution < -0.4 is 5.32 Å². The normalized spacial score (nSPS) is 14.9. The summed E-state index contributed by atoms with van der Waals surface area (Å²) < 4.78 is 1.68. The highest BCUT2D eigenvalue weighted by Gasteiger charge is 2.25. The molecule has 0 saturated carbocycles. The van der Waals surface area contributed by atoms with Crippen LogP contribution in [0.4, 0.5) is 0 Å². The lowest BCUT2D eigenvalue weighted by Crippen LogP contribution is -2.31. The molecule has 2 unspecified atom stereocenters. The van der Waals surface area contributed by atoms with Crippen molar-refractivity contribution in [2.24, 2.45) is 13.0 Å². The summed E-state index contributed by atoms with van der Waals surface area (Å²) in [6, 6.07) is 0. The molecule has 1 rings (SSSR count). The third-order valence-electron chi connectivity index (χ3n) is 3.14. The molecule has 2 atom stereocenters. The third kappa shape index (κ3) is 4.63. The minimum absolute atomic E-state index is 0.0968. The van der Waals surface area contributed by atoms with Crippen molar-refractivity contribution < 1.29 is 9.90 Å². The van der Waals surface area contributed by atoms with Gasteiger partial charge in [-0.2, -0.15) is 5.10 Å². The van der Waals surface area contributed by atoms with Gasteiger partial charge in [-0.25, -0.2) is 0 Å². The van der Waals surface area contributed by atoms with Crippen molar-refractivity contribution in [1.29, 1.82) is 0 Å². The first kappa shape index (κ1) is 16.7. The van der Waals surface area contributed by atoms with Crippen molar-refractivity contribution in [1.82, 2.24) is 15.1 Å². The van der Waals surface area contributed by atoms with Crippen LogP contribution in [-0.4, -0.2) is 33.4 Å². The number of hydrogen-bond donors (Lipinski definition) is 2. The molecule has 0 aliphatic heterocycles. The Kier molecular flexibility index (Phi) is 5.34. The van der Waals surface area contributed by atoms with Gasteiger partial charge in [0, 0.05) is 25.2 Å². The van der Waals surface area contributed by atoms with E-state index >= 15 is 0 Å². The van der Waals surface area contributed by atoms with Crippen LogP contribution >= 0.6 is 0 Å². The van der Waals surface area contributed by atoms with E-state index in [1.165, 1.54) is 0 Å². The zero-order valence-corrected chi connectivity index (χ0v) is 13.4. The van der Waals surface area contributed by atoms with Gasteiger partial charge in [-0.15, -0.1) is 0 Å². The number of rotatable bonds is 5. The second-order valence-corrected chi connectivity index (χ2v) is 6.71. The van der Waals surface area contributed by atoms with E-state index in [9.17, 15) is 9.90 Å². The predicted molar refractivity (Wildman–Crippen MR) is 79.7 cm³/mol. The lowest BCUT2D eigenvalue weighted by molar-refractivity contribution is 0.0937.